The molecule has 6 heteroatoms. The van der Waals surface area contributed by atoms with Gasteiger partial charge in [0.15, 0.2) is 5.13 Å². The summed E-state index contributed by atoms with van der Waals surface area (Å²) < 4.78 is 10.8. The van der Waals surface area contributed by atoms with Gasteiger partial charge in [-0.15, -0.1) is 0 Å². The minimum atomic E-state index is -0.320. The Morgan fingerprint density at radius 1 is 1.45 bits per heavy atom. The number of anilines is 1. The average molecular weight is 296 g/mol. The smallest absolute Gasteiger partial charge is 0.350 e. The molecule has 5 nitrogen and oxygen atoms in total. The van der Waals surface area contributed by atoms with Crippen molar-refractivity contribution < 1.29 is 14.3 Å². The Bertz CT molecular complexity index is 499. The minimum absolute atomic E-state index is 0.270. The molecule has 20 heavy (non-hydrogen) atoms. The van der Waals surface area contributed by atoms with Crippen LogP contribution in [-0.2, 0) is 9.47 Å². The van der Waals surface area contributed by atoms with Gasteiger partial charge in [0.1, 0.15) is 4.88 Å². The van der Waals surface area contributed by atoms with Crippen molar-refractivity contribution in [3.05, 3.63) is 10.6 Å². The van der Waals surface area contributed by atoms with Crippen molar-refractivity contribution in [2.45, 2.75) is 44.8 Å². The number of thiazole rings is 1. The molecule has 0 bridgehead atoms. The molecule has 110 valence electrons. The number of rotatable bonds is 5. The first-order valence-electron chi connectivity index (χ1n) is 7.12. The molecule has 1 aromatic heterocycles. The Balaban J connectivity index is 1.52. The minimum Gasteiger partial charge on any atom is -0.465 e. The lowest BCUT2D eigenvalue weighted by atomic mass is 10.1. The first kappa shape index (κ1) is 13.8. The van der Waals surface area contributed by atoms with Gasteiger partial charge in [-0.25, -0.2) is 9.78 Å². The number of aryl methyl sites for hydroxylation is 1. The molecule has 1 saturated carbocycles. The van der Waals surface area contributed by atoms with E-state index in [1.807, 2.05) is 6.92 Å². The predicted octanol–water partition coefficient (Wildman–Crippen LogP) is 2.61. The maximum atomic E-state index is 11.5. The van der Waals surface area contributed by atoms with Crippen LogP contribution in [0.25, 0.3) is 0 Å². The molecule has 2 atom stereocenters. The van der Waals surface area contributed by atoms with E-state index in [9.17, 15) is 4.79 Å². The van der Waals surface area contributed by atoms with Gasteiger partial charge in [0, 0.05) is 6.54 Å². The number of ether oxygens (including phenoxy) is 2. The normalized spacial score (nSPS) is 25.7. The molecular weight excluding hydrogens is 276 g/mol. The first-order valence-corrected chi connectivity index (χ1v) is 7.94. The fourth-order valence-corrected chi connectivity index (χ4v) is 3.55. The fourth-order valence-electron chi connectivity index (χ4n) is 2.65. The monoisotopic (exact) mass is 296 g/mol. The lowest BCUT2D eigenvalue weighted by Gasteiger charge is -2.13. The quantitative estimate of drug-likeness (QED) is 0.846. The van der Waals surface area contributed by atoms with Gasteiger partial charge < -0.3 is 14.8 Å². The molecule has 0 radical (unpaired) electrons. The SMILES string of the molecule is COC(=O)c1sc(NCC2CCC(C3CC3)O2)nc1C. The van der Waals surface area contributed by atoms with E-state index in [1.165, 1.54) is 37.7 Å². The van der Waals surface area contributed by atoms with Crippen LogP contribution in [0.5, 0.6) is 0 Å². The summed E-state index contributed by atoms with van der Waals surface area (Å²) in [5.41, 5.74) is 0.715. The zero-order valence-electron chi connectivity index (χ0n) is 11.8. The van der Waals surface area contributed by atoms with Crippen LogP contribution in [0.15, 0.2) is 0 Å². The number of aromatic nitrogens is 1. The van der Waals surface area contributed by atoms with Crippen molar-refractivity contribution >= 4 is 22.4 Å². The molecule has 1 aliphatic carbocycles. The number of nitrogens with one attached hydrogen (secondary N) is 1. The summed E-state index contributed by atoms with van der Waals surface area (Å²) in [6, 6.07) is 0. The van der Waals surface area contributed by atoms with Gasteiger partial charge in [0.2, 0.25) is 0 Å². The summed E-state index contributed by atoms with van der Waals surface area (Å²) in [7, 11) is 1.39. The van der Waals surface area contributed by atoms with Crippen LogP contribution in [0.4, 0.5) is 5.13 Å². The number of hydrogen-bond acceptors (Lipinski definition) is 6. The van der Waals surface area contributed by atoms with E-state index in [1.54, 1.807) is 0 Å². The van der Waals surface area contributed by atoms with Crippen molar-refractivity contribution in [3.8, 4) is 0 Å². The second-order valence-electron chi connectivity index (χ2n) is 5.52. The lowest BCUT2D eigenvalue weighted by Crippen LogP contribution is -2.21. The molecule has 3 rings (SSSR count). The second-order valence-corrected chi connectivity index (χ2v) is 6.52. The van der Waals surface area contributed by atoms with Crippen molar-refractivity contribution in [1.82, 2.24) is 4.98 Å². The standard InChI is InChI=1S/C14H20N2O3S/c1-8-12(13(17)18-2)20-14(16-8)15-7-10-5-6-11(19-10)9-3-4-9/h9-11H,3-7H2,1-2H3,(H,15,16). The Morgan fingerprint density at radius 2 is 2.25 bits per heavy atom. The van der Waals surface area contributed by atoms with Crippen LogP contribution in [-0.4, -0.2) is 36.8 Å². The zero-order chi connectivity index (χ0) is 14.1. The van der Waals surface area contributed by atoms with Crippen LogP contribution in [0.1, 0.15) is 41.0 Å². The van der Waals surface area contributed by atoms with Gasteiger partial charge in [-0.3, -0.25) is 0 Å². The number of carbonyl (C=O) groups is 1. The molecule has 0 spiro atoms. The van der Waals surface area contributed by atoms with E-state index in [0.717, 1.165) is 24.0 Å². The Hall–Kier alpha value is -1.14. The predicted molar refractivity (Wildman–Crippen MR) is 77.3 cm³/mol. The van der Waals surface area contributed by atoms with Crippen LogP contribution >= 0.6 is 11.3 Å². The summed E-state index contributed by atoms with van der Waals surface area (Å²) in [5.74, 6) is 0.493. The van der Waals surface area contributed by atoms with E-state index < -0.39 is 0 Å². The molecule has 1 N–H and O–H groups in total. The van der Waals surface area contributed by atoms with Gasteiger partial charge >= 0.3 is 5.97 Å². The van der Waals surface area contributed by atoms with Crippen LogP contribution < -0.4 is 5.32 Å². The van der Waals surface area contributed by atoms with Crippen molar-refractivity contribution in [2.75, 3.05) is 19.0 Å². The van der Waals surface area contributed by atoms with E-state index in [-0.39, 0.29) is 12.1 Å². The summed E-state index contributed by atoms with van der Waals surface area (Å²) in [4.78, 5) is 16.5. The summed E-state index contributed by atoms with van der Waals surface area (Å²) in [6.45, 7) is 2.58. The van der Waals surface area contributed by atoms with Gasteiger partial charge in [-0.1, -0.05) is 11.3 Å². The second kappa shape index (κ2) is 5.69. The highest BCUT2D eigenvalue weighted by molar-refractivity contribution is 7.17. The maximum absolute atomic E-state index is 11.5. The molecule has 0 amide bonds. The molecule has 2 aliphatic rings. The largest absolute Gasteiger partial charge is 0.465 e. The van der Waals surface area contributed by atoms with Gasteiger partial charge in [-0.2, -0.15) is 0 Å². The molecular formula is C14H20N2O3S. The highest BCUT2D eigenvalue weighted by atomic mass is 32.1. The van der Waals surface area contributed by atoms with Crippen LogP contribution in [0, 0.1) is 12.8 Å². The summed E-state index contributed by atoms with van der Waals surface area (Å²) in [6.07, 6.45) is 5.71. The van der Waals surface area contributed by atoms with Crippen LogP contribution in [0.2, 0.25) is 0 Å². The van der Waals surface area contributed by atoms with Gasteiger partial charge in [0.05, 0.1) is 25.0 Å². The zero-order valence-corrected chi connectivity index (χ0v) is 12.7. The Labute approximate surface area is 122 Å². The molecule has 1 aromatic rings. The van der Waals surface area contributed by atoms with E-state index >= 15 is 0 Å². The Morgan fingerprint density at radius 3 is 2.95 bits per heavy atom. The molecule has 1 saturated heterocycles. The molecule has 1 aliphatic heterocycles. The van der Waals surface area contributed by atoms with Crippen molar-refractivity contribution in [2.24, 2.45) is 5.92 Å². The fraction of sp³-hybridized carbons (Fsp3) is 0.714. The molecule has 2 fully saturated rings. The summed E-state index contributed by atoms with van der Waals surface area (Å²) in [5, 5.41) is 4.05. The number of carbonyl (C=O) groups excluding carboxylic acids is 1. The van der Waals surface area contributed by atoms with Crippen molar-refractivity contribution in [3.63, 3.8) is 0 Å². The highest BCUT2D eigenvalue weighted by Gasteiger charge is 2.37. The van der Waals surface area contributed by atoms with Gasteiger partial charge in [-0.05, 0) is 38.5 Å². The van der Waals surface area contributed by atoms with Crippen LogP contribution in [0.3, 0.4) is 0 Å². The molecule has 2 unspecified atom stereocenters. The van der Waals surface area contributed by atoms with E-state index in [2.05, 4.69) is 10.3 Å². The molecule has 0 aromatic carbocycles. The third-order valence-electron chi connectivity index (χ3n) is 3.94. The van der Waals surface area contributed by atoms with E-state index in [0.29, 0.717) is 16.7 Å². The lowest BCUT2D eigenvalue weighted by molar-refractivity contribution is 0.0399. The number of esters is 1. The van der Waals surface area contributed by atoms with Crippen molar-refractivity contribution in [1.29, 1.82) is 0 Å². The van der Waals surface area contributed by atoms with E-state index in [4.69, 9.17) is 9.47 Å². The number of hydrogen-bond donors (Lipinski definition) is 1. The maximum Gasteiger partial charge on any atom is 0.350 e. The van der Waals surface area contributed by atoms with Gasteiger partial charge in [0.25, 0.3) is 0 Å². The summed E-state index contributed by atoms with van der Waals surface area (Å²) >= 11 is 1.34. The average Bonchev–Trinajstić information content (AvgIpc) is 3.07. The number of nitrogens with zero attached hydrogens (tertiary/aromatic N) is 1. The number of methoxy groups -OCH3 is 1. The molecule has 2 heterocycles. The topological polar surface area (TPSA) is 60.5 Å². The first-order chi connectivity index (χ1) is 9.67. The third-order valence-corrected chi connectivity index (χ3v) is 5.03. The highest BCUT2D eigenvalue weighted by Crippen LogP contribution is 2.40. The third kappa shape index (κ3) is 2.96. The Kier molecular flexibility index (Phi) is 3.94.